The highest BCUT2D eigenvalue weighted by Crippen LogP contribution is 2.49. The fourth-order valence-corrected chi connectivity index (χ4v) is 3.35. The number of hydrogen-bond acceptors (Lipinski definition) is 2. The molecule has 18 heavy (non-hydrogen) atoms. The van der Waals surface area contributed by atoms with Gasteiger partial charge in [0.2, 0.25) is 0 Å². The molecule has 0 saturated heterocycles. The smallest absolute Gasteiger partial charge is 0.338 e. The Labute approximate surface area is 108 Å². The number of benzene rings is 1. The van der Waals surface area contributed by atoms with Gasteiger partial charge in [0.15, 0.2) is 0 Å². The summed E-state index contributed by atoms with van der Waals surface area (Å²) in [5.41, 5.74) is 1.93. The Morgan fingerprint density at radius 2 is 2.11 bits per heavy atom. The summed E-state index contributed by atoms with van der Waals surface area (Å²) in [6.45, 7) is 2.28. The molecule has 0 heterocycles. The van der Waals surface area contributed by atoms with E-state index in [1.165, 1.54) is 18.4 Å². The van der Waals surface area contributed by atoms with Crippen molar-refractivity contribution in [1.82, 2.24) is 0 Å². The molecule has 2 aliphatic rings. The number of allylic oxidation sites excluding steroid dienone is 2. The summed E-state index contributed by atoms with van der Waals surface area (Å²) >= 11 is 0. The lowest BCUT2D eigenvalue weighted by Gasteiger charge is -2.21. The third kappa shape index (κ3) is 1.86. The molecule has 1 saturated carbocycles. The molecule has 0 spiro atoms. The van der Waals surface area contributed by atoms with Crippen molar-refractivity contribution in [1.29, 1.82) is 0 Å². The van der Waals surface area contributed by atoms with Crippen LogP contribution in [-0.2, 0) is 4.74 Å². The molecule has 2 heteroatoms. The van der Waals surface area contributed by atoms with Crippen LogP contribution in [0.5, 0.6) is 0 Å². The van der Waals surface area contributed by atoms with Gasteiger partial charge in [-0.05, 0) is 49.1 Å². The van der Waals surface area contributed by atoms with Crippen LogP contribution in [-0.4, -0.2) is 12.6 Å². The number of fused-ring (bicyclic) bond motifs is 2. The van der Waals surface area contributed by atoms with Crippen LogP contribution in [0.4, 0.5) is 0 Å². The maximum Gasteiger partial charge on any atom is 0.338 e. The minimum atomic E-state index is -0.181. The summed E-state index contributed by atoms with van der Waals surface area (Å²) in [5, 5.41) is 0. The van der Waals surface area contributed by atoms with E-state index in [1.54, 1.807) is 0 Å². The Morgan fingerprint density at radius 3 is 2.78 bits per heavy atom. The quantitative estimate of drug-likeness (QED) is 0.598. The summed E-state index contributed by atoms with van der Waals surface area (Å²) in [4.78, 5) is 12.0. The monoisotopic (exact) mass is 242 g/mol. The number of hydrogen-bond donors (Lipinski definition) is 0. The Kier molecular flexibility index (Phi) is 2.94. The molecular formula is C16H18O2. The number of rotatable bonds is 3. The molecule has 0 aliphatic heterocycles. The van der Waals surface area contributed by atoms with Gasteiger partial charge in [-0.3, -0.25) is 0 Å². The average Bonchev–Trinajstić information content (AvgIpc) is 3.01. The van der Waals surface area contributed by atoms with Crippen LogP contribution < -0.4 is 0 Å². The van der Waals surface area contributed by atoms with E-state index in [0.717, 1.165) is 11.5 Å². The molecule has 0 aromatic heterocycles. The Balaban J connectivity index is 1.92. The molecular weight excluding hydrogens is 224 g/mol. The number of esters is 1. The second kappa shape index (κ2) is 4.60. The van der Waals surface area contributed by atoms with Gasteiger partial charge in [-0.2, -0.15) is 0 Å². The number of carbonyl (C=O) groups is 1. The lowest BCUT2D eigenvalue weighted by atomic mass is 9.84. The van der Waals surface area contributed by atoms with Gasteiger partial charge in [0.25, 0.3) is 0 Å². The first-order chi connectivity index (χ1) is 8.79. The van der Waals surface area contributed by atoms with Crippen molar-refractivity contribution >= 4 is 5.97 Å². The van der Waals surface area contributed by atoms with Crippen molar-refractivity contribution in [3.8, 4) is 0 Å². The van der Waals surface area contributed by atoms with Crippen molar-refractivity contribution in [3.63, 3.8) is 0 Å². The zero-order valence-corrected chi connectivity index (χ0v) is 10.6. The lowest BCUT2D eigenvalue weighted by Crippen LogP contribution is -2.13. The van der Waals surface area contributed by atoms with Gasteiger partial charge in [0.1, 0.15) is 0 Å². The summed E-state index contributed by atoms with van der Waals surface area (Å²) in [6, 6.07) is 7.92. The topological polar surface area (TPSA) is 26.3 Å². The van der Waals surface area contributed by atoms with Gasteiger partial charge in [0.05, 0.1) is 12.2 Å². The molecule has 3 unspecified atom stereocenters. The van der Waals surface area contributed by atoms with Gasteiger partial charge in [-0.25, -0.2) is 4.79 Å². The number of ether oxygens (including phenoxy) is 1. The van der Waals surface area contributed by atoms with Crippen molar-refractivity contribution in [2.75, 3.05) is 6.61 Å². The molecule has 94 valence electrons. The van der Waals surface area contributed by atoms with E-state index in [9.17, 15) is 4.79 Å². The standard InChI is InChI=1S/C16H18O2/c1-2-18-16(17)14-6-4-3-5-13(14)15-10-11-7-8-12(15)9-11/h3-8,11-12,15H,2,9-10H2,1H3. The Hall–Kier alpha value is -1.57. The largest absolute Gasteiger partial charge is 0.462 e. The molecule has 1 aromatic rings. The third-order valence-corrected chi connectivity index (χ3v) is 4.13. The first kappa shape index (κ1) is 11.5. The van der Waals surface area contributed by atoms with Crippen LogP contribution in [0.25, 0.3) is 0 Å². The molecule has 1 aromatic carbocycles. The van der Waals surface area contributed by atoms with E-state index in [1.807, 2.05) is 25.1 Å². The minimum Gasteiger partial charge on any atom is -0.462 e. The first-order valence-corrected chi connectivity index (χ1v) is 6.74. The lowest BCUT2D eigenvalue weighted by molar-refractivity contribution is 0.0524. The molecule has 3 atom stereocenters. The Bertz CT molecular complexity index is 490. The molecule has 0 N–H and O–H groups in total. The van der Waals surface area contributed by atoms with Gasteiger partial charge < -0.3 is 4.74 Å². The predicted octanol–water partition coefficient (Wildman–Crippen LogP) is 3.54. The Morgan fingerprint density at radius 1 is 1.28 bits per heavy atom. The minimum absolute atomic E-state index is 0.181. The SMILES string of the molecule is CCOC(=O)c1ccccc1C1CC2C=CC1C2. The second-order valence-corrected chi connectivity index (χ2v) is 5.19. The van der Waals surface area contributed by atoms with E-state index in [-0.39, 0.29) is 5.97 Å². The van der Waals surface area contributed by atoms with Crippen molar-refractivity contribution in [3.05, 3.63) is 47.5 Å². The van der Waals surface area contributed by atoms with Gasteiger partial charge in [-0.1, -0.05) is 30.4 Å². The highest BCUT2D eigenvalue weighted by molar-refractivity contribution is 5.91. The van der Waals surface area contributed by atoms with E-state index in [4.69, 9.17) is 4.74 Å². The van der Waals surface area contributed by atoms with Crippen molar-refractivity contribution in [2.45, 2.75) is 25.7 Å². The van der Waals surface area contributed by atoms with Crippen LogP contribution in [0.15, 0.2) is 36.4 Å². The third-order valence-electron chi connectivity index (χ3n) is 4.13. The zero-order valence-electron chi connectivity index (χ0n) is 10.6. The van der Waals surface area contributed by atoms with Crippen molar-refractivity contribution < 1.29 is 9.53 Å². The van der Waals surface area contributed by atoms with Crippen LogP contribution >= 0.6 is 0 Å². The van der Waals surface area contributed by atoms with Crippen LogP contribution in [0.2, 0.25) is 0 Å². The van der Waals surface area contributed by atoms with Gasteiger partial charge >= 0.3 is 5.97 Å². The summed E-state index contributed by atoms with van der Waals surface area (Å²) in [5.74, 6) is 1.65. The van der Waals surface area contributed by atoms with Crippen LogP contribution in [0, 0.1) is 11.8 Å². The molecule has 1 fully saturated rings. The predicted molar refractivity (Wildman–Crippen MR) is 70.5 cm³/mol. The summed E-state index contributed by atoms with van der Waals surface area (Å²) in [7, 11) is 0. The maximum atomic E-state index is 12.0. The van der Waals surface area contributed by atoms with Crippen LogP contribution in [0.3, 0.4) is 0 Å². The second-order valence-electron chi connectivity index (χ2n) is 5.19. The highest BCUT2D eigenvalue weighted by atomic mass is 16.5. The van der Waals surface area contributed by atoms with Crippen molar-refractivity contribution in [2.24, 2.45) is 11.8 Å². The average molecular weight is 242 g/mol. The normalized spacial score (nSPS) is 28.6. The fourth-order valence-electron chi connectivity index (χ4n) is 3.35. The summed E-state index contributed by atoms with van der Waals surface area (Å²) in [6.07, 6.45) is 7.08. The van der Waals surface area contributed by atoms with E-state index in [0.29, 0.717) is 18.4 Å². The highest BCUT2D eigenvalue weighted by Gasteiger charge is 2.37. The molecule has 0 radical (unpaired) electrons. The van der Waals surface area contributed by atoms with Gasteiger partial charge in [-0.15, -0.1) is 0 Å². The molecule has 2 bridgehead atoms. The molecule has 2 nitrogen and oxygen atoms in total. The molecule has 3 rings (SSSR count). The maximum absolute atomic E-state index is 12.0. The zero-order chi connectivity index (χ0) is 12.5. The molecule has 2 aliphatic carbocycles. The van der Waals surface area contributed by atoms with E-state index >= 15 is 0 Å². The van der Waals surface area contributed by atoms with Crippen LogP contribution in [0.1, 0.15) is 41.6 Å². The number of carbonyl (C=O) groups excluding carboxylic acids is 1. The van der Waals surface area contributed by atoms with E-state index < -0.39 is 0 Å². The van der Waals surface area contributed by atoms with Gasteiger partial charge in [0, 0.05) is 0 Å². The first-order valence-electron chi connectivity index (χ1n) is 6.74. The fraction of sp³-hybridized carbons (Fsp3) is 0.438. The van der Waals surface area contributed by atoms with E-state index in [2.05, 4.69) is 18.2 Å². The summed E-state index contributed by atoms with van der Waals surface area (Å²) < 4.78 is 5.15. The molecule has 0 amide bonds.